The monoisotopic (exact) mass is 296 g/mol. The molecule has 2 rings (SSSR count). The maximum Gasteiger partial charge on any atom is 0.319 e. The van der Waals surface area contributed by atoms with Crippen LogP contribution in [-0.2, 0) is 0 Å². The van der Waals surface area contributed by atoms with E-state index in [1.54, 1.807) is 0 Å². The molecule has 20 heavy (non-hydrogen) atoms. The molecule has 0 atom stereocenters. The number of nitrogens with one attached hydrogen (secondary N) is 1. The lowest BCUT2D eigenvalue weighted by Crippen LogP contribution is -2.15. The molecule has 0 radical (unpaired) electrons. The minimum absolute atomic E-state index is 0.146. The molecule has 0 saturated heterocycles. The van der Waals surface area contributed by atoms with Gasteiger partial charge in [-0.2, -0.15) is 0 Å². The van der Waals surface area contributed by atoms with Crippen molar-refractivity contribution in [3.63, 3.8) is 0 Å². The molecular formula is C11H6ClFN4O3. The van der Waals surface area contributed by atoms with Crippen molar-refractivity contribution in [2.45, 2.75) is 0 Å². The number of anilines is 1. The molecule has 1 N–H and O–H groups in total. The van der Waals surface area contributed by atoms with E-state index in [0.29, 0.717) is 0 Å². The highest BCUT2D eigenvalue weighted by atomic mass is 35.5. The first-order valence-electron chi connectivity index (χ1n) is 5.20. The molecule has 0 unspecified atom stereocenters. The molecule has 102 valence electrons. The molecule has 0 aromatic carbocycles. The zero-order chi connectivity index (χ0) is 14.7. The summed E-state index contributed by atoms with van der Waals surface area (Å²) in [5.41, 5.74) is -1.10. The smallest absolute Gasteiger partial charge is 0.319 e. The van der Waals surface area contributed by atoms with Crippen LogP contribution < -0.4 is 5.32 Å². The first kappa shape index (κ1) is 13.8. The van der Waals surface area contributed by atoms with Crippen LogP contribution in [-0.4, -0.2) is 20.8 Å². The van der Waals surface area contributed by atoms with Crippen molar-refractivity contribution >= 4 is 28.9 Å². The van der Waals surface area contributed by atoms with E-state index < -0.39 is 27.5 Å². The van der Waals surface area contributed by atoms with E-state index in [2.05, 4.69) is 15.3 Å². The van der Waals surface area contributed by atoms with E-state index in [1.807, 2.05) is 0 Å². The highest BCUT2D eigenvalue weighted by Gasteiger charge is 2.25. The van der Waals surface area contributed by atoms with Crippen molar-refractivity contribution in [2.75, 3.05) is 5.32 Å². The number of halogens is 2. The number of rotatable bonds is 3. The Morgan fingerprint density at radius 1 is 1.40 bits per heavy atom. The van der Waals surface area contributed by atoms with E-state index in [0.717, 1.165) is 18.5 Å². The Kier molecular flexibility index (Phi) is 3.85. The van der Waals surface area contributed by atoms with Crippen LogP contribution in [0.2, 0.25) is 5.15 Å². The Balaban J connectivity index is 2.38. The standard InChI is InChI=1S/C11H6ClFN4O3/c12-10-9(17(19)20)6(1-4-15-10)11(18)16-8-2-3-14-5-7(8)13/h1-5H,(H,14,16,18). The SMILES string of the molecule is O=C(Nc1ccncc1F)c1ccnc(Cl)c1[N+](=O)[O-]. The Morgan fingerprint density at radius 3 is 2.80 bits per heavy atom. The zero-order valence-electron chi connectivity index (χ0n) is 9.71. The maximum absolute atomic E-state index is 13.4. The molecule has 0 fully saturated rings. The van der Waals surface area contributed by atoms with Gasteiger partial charge < -0.3 is 5.32 Å². The quantitative estimate of drug-likeness (QED) is 0.533. The fourth-order valence-corrected chi connectivity index (χ4v) is 1.68. The van der Waals surface area contributed by atoms with E-state index in [1.165, 1.54) is 12.3 Å². The summed E-state index contributed by atoms with van der Waals surface area (Å²) < 4.78 is 13.4. The summed E-state index contributed by atoms with van der Waals surface area (Å²) in [6.45, 7) is 0. The van der Waals surface area contributed by atoms with Gasteiger partial charge >= 0.3 is 5.69 Å². The normalized spacial score (nSPS) is 10.1. The number of amides is 1. The molecular weight excluding hydrogens is 291 g/mol. The van der Waals surface area contributed by atoms with Gasteiger partial charge in [0.25, 0.3) is 5.91 Å². The van der Waals surface area contributed by atoms with Crippen molar-refractivity contribution in [1.29, 1.82) is 0 Å². The number of hydrogen-bond donors (Lipinski definition) is 1. The Bertz CT molecular complexity index is 695. The van der Waals surface area contributed by atoms with Gasteiger partial charge in [0.15, 0.2) is 5.82 Å². The molecule has 0 aliphatic carbocycles. The van der Waals surface area contributed by atoms with Gasteiger partial charge in [-0.25, -0.2) is 9.37 Å². The second kappa shape index (κ2) is 5.57. The largest absolute Gasteiger partial charge is 0.319 e. The fraction of sp³-hybridized carbons (Fsp3) is 0. The van der Waals surface area contributed by atoms with E-state index in [-0.39, 0.29) is 11.3 Å². The summed E-state index contributed by atoms with van der Waals surface area (Å²) in [4.78, 5) is 29.1. The number of pyridine rings is 2. The summed E-state index contributed by atoms with van der Waals surface area (Å²) in [5.74, 6) is -1.63. The maximum atomic E-state index is 13.4. The van der Waals surface area contributed by atoms with Crippen molar-refractivity contribution in [3.05, 3.63) is 57.4 Å². The molecule has 0 bridgehead atoms. The number of hydrogen-bond acceptors (Lipinski definition) is 5. The lowest BCUT2D eigenvalue weighted by Gasteiger charge is -2.06. The second-order valence-corrected chi connectivity index (χ2v) is 3.92. The summed E-state index contributed by atoms with van der Waals surface area (Å²) in [5, 5.41) is 12.7. The fourth-order valence-electron chi connectivity index (χ4n) is 1.45. The number of carbonyl (C=O) groups excluding carboxylic acids is 1. The lowest BCUT2D eigenvalue weighted by atomic mass is 10.2. The molecule has 9 heteroatoms. The molecule has 2 heterocycles. The van der Waals surface area contributed by atoms with Gasteiger partial charge in [-0.1, -0.05) is 11.6 Å². The third-order valence-electron chi connectivity index (χ3n) is 2.33. The van der Waals surface area contributed by atoms with Crippen LogP contribution in [0.25, 0.3) is 0 Å². The number of carbonyl (C=O) groups is 1. The van der Waals surface area contributed by atoms with Gasteiger partial charge in [-0.15, -0.1) is 0 Å². The van der Waals surface area contributed by atoms with Gasteiger partial charge in [0.05, 0.1) is 16.8 Å². The molecule has 2 aromatic heterocycles. The molecule has 0 aliphatic heterocycles. The van der Waals surface area contributed by atoms with E-state index in [9.17, 15) is 19.3 Å². The minimum Gasteiger partial charge on any atom is -0.319 e. The van der Waals surface area contributed by atoms with Gasteiger partial charge in [0.2, 0.25) is 5.15 Å². The Hall–Kier alpha value is -2.61. The van der Waals surface area contributed by atoms with Crippen molar-refractivity contribution < 1.29 is 14.1 Å². The molecule has 0 spiro atoms. The van der Waals surface area contributed by atoms with Crippen LogP contribution in [0.3, 0.4) is 0 Å². The summed E-state index contributed by atoms with van der Waals surface area (Å²) in [7, 11) is 0. The third kappa shape index (κ3) is 2.69. The molecule has 1 amide bonds. The average Bonchev–Trinajstić information content (AvgIpc) is 2.40. The topological polar surface area (TPSA) is 98.0 Å². The van der Waals surface area contributed by atoms with Gasteiger partial charge in [0, 0.05) is 12.4 Å². The van der Waals surface area contributed by atoms with E-state index in [4.69, 9.17) is 11.6 Å². The predicted octanol–water partition coefficient (Wildman–Crippen LogP) is 2.43. The molecule has 7 nitrogen and oxygen atoms in total. The number of nitro groups is 1. The van der Waals surface area contributed by atoms with Gasteiger partial charge in [-0.3, -0.25) is 19.9 Å². The molecule has 0 aliphatic rings. The highest BCUT2D eigenvalue weighted by molar-refractivity contribution is 6.32. The minimum atomic E-state index is -0.869. The second-order valence-electron chi connectivity index (χ2n) is 3.56. The summed E-state index contributed by atoms with van der Waals surface area (Å²) in [6.07, 6.45) is 3.32. The van der Waals surface area contributed by atoms with Crippen LogP contribution in [0.1, 0.15) is 10.4 Å². The Labute approximate surface area is 116 Å². The summed E-state index contributed by atoms with van der Waals surface area (Å²) in [6, 6.07) is 2.35. The number of aromatic nitrogens is 2. The first-order valence-corrected chi connectivity index (χ1v) is 5.58. The van der Waals surface area contributed by atoms with Crippen LogP contribution in [0.15, 0.2) is 30.7 Å². The predicted molar refractivity (Wildman–Crippen MR) is 68.0 cm³/mol. The lowest BCUT2D eigenvalue weighted by molar-refractivity contribution is -0.385. The van der Waals surface area contributed by atoms with Gasteiger partial charge in [0.1, 0.15) is 5.56 Å². The van der Waals surface area contributed by atoms with Crippen LogP contribution in [0, 0.1) is 15.9 Å². The average molecular weight is 297 g/mol. The third-order valence-corrected chi connectivity index (χ3v) is 2.60. The number of nitrogens with zero attached hydrogens (tertiary/aromatic N) is 3. The van der Waals surface area contributed by atoms with E-state index >= 15 is 0 Å². The zero-order valence-corrected chi connectivity index (χ0v) is 10.5. The Morgan fingerprint density at radius 2 is 2.15 bits per heavy atom. The van der Waals surface area contributed by atoms with Crippen molar-refractivity contribution in [3.8, 4) is 0 Å². The van der Waals surface area contributed by atoms with Crippen LogP contribution in [0.5, 0.6) is 0 Å². The van der Waals surface area contributed by atoms with Crippen LogP contribution >= 0.6 is 11.6 Å². The molecule has 0 saturated carbocycles. The van der Waals surface area contributed by atoms with Crippen LogP contribution in [0.4, 0.5) is 15.8 Å². The first-order chi connectivity index (χ1) is 9.50. The summed E-state index contributed by atoms with van der Waals surface area (Å²) >= 11 is 5.59. The van der Waals surface area contributed by atoms with Crippen molar-refractivity contribution in [2.24, 2.45) is 0 Å². The van der Waals surface area contributed by atoms with Crippen molar-refractivity contribution in [1.82, 2.24) is 9.97 Å². The molecule has 2 aromatic rings. The highest BCUT2D eigenvalue weighted by Crippen LogP contribution is 2.26. The van der Waals surface area contributed by atoms with Gasteiger partial charge in [-0.05, 0) is 12.1 Å².